The Hall–Kier alpha value is -2.99. The fourth-order valence-electron chi connectivity index (χ4n) is 5.92. The van der Waals surface area contributed by atoms with Gasteiger partial charge in [0.15, 0.2) is 0 Å². The minimum atomic E-state index is 0.330. The van der Waals surface area contributed by atoms with Crippen molar-refractivity contribution in [1.29, 1.82) is 0 Å². The van der Waals surface area contributed by atoms with E-state index in [1.807, 2.05) is 18.3 Å². The van der Waals surface area contributed by atoms with Gasteiger partial charge in [0.2, 0.25) is 0 Å². The van der Waals surface area contributed by atoms with E-state index in [-0.39, 0.29) is 0 Å². The number of nitrogens with two attached hydrogens (primary N) is 1. The van der Waals surface area contributed by atoms with Crippen molar-refractivity contribution in [3.8, 4) is 0 Å². The molecule has 1 aliphatic carbocycles. The molecule has 1 saturated carbocycles. The van der Waals surface area contributed by atoms with E-state index in [2.05, 4.69) is 62.2 Å². The van der Waals surface area contributed by atoms with E-state index in [1.54, 1.807) is 6.33 Å². The Labute approximate surface area is 175 Å². The van der Waals surface area contributed by atoms with E-state index >= 15 is 0 Å². The van der Waals surface area contributed by atoms with Crippen LogP contribution >= 0.6 is 0 Å². The first-order chi connectivity index (χ1) is 14.6. The maximum atomic E-state index is 5.90. The van der Waals surface area contributed by atoms with E-state index < -0.39 is 0 Å². The van der Waals surface area contributed by atoms with Crippen LogP contribution in [-0.2, 0) is 0 Å². The SMILES string of the molecule is CC1CC2(CNC(c3ccc4ccc(N)nc4c3)C2)CC1n1ccc2cncnc21. The number of nitrogens with zero attached hydrogens (tertiary/aromatic N) is 4. The van der Waals surface area contributed by atoms with Crippen molar-refractivity contribution in [2.75, 3.05) is 12.3 Å². The summed E-state index contributed by atoms with van der Waals surface area (Å²) in [6, 6.07) is 13.5. The van der Waals surface area contributed by atoms with Gasteiger partial charge in [-0.05, 0) is 60.4 Å². The molecule has 30 heavy (non-hydrogen) atoms. The van der Waals surface area contributed by atoms with Crippen molar-refractivity contribution < 1.29 is 0 Å². The Balaban J connectivity index is 1.27. The fourth-order valence-corrected chi connectivity index (χ4v) is 5.92. The van der Waals surface area contributed by atoms with Gasteiger partial charge in [-0.15, -0.1) is 0 Å². The molecule has 1 aromatic carbocycles. The maximum absolute atomic E-state index is 5.90. The van der Waals surface area contributed by atoms with Crippen LogP contribution in [-0.4, -0.2) is 26.1 Å². The first-order valence-electron chi connectivity index (χ1n) is 10.8. The molecule has 1 saturated heterocycles. The molecule has 4 atom stereocenters. The fraction of sp³-hybridized carbons (Fsp3) is 0.375. The molecule has 2 aliphatic rings. The highest BCUT2D eigenvalue weighted by Gasteiger charge is 2.48. The Kier molecular flexibility index (Phi) is 3.87. The van der Waals surface area contributed by atoms with Crippen molar-refractivity contribution in [1.82, 2.24) is 24.8 Å². The summed E-state index contributed by atoms with van der Waals surface area (Å²) < 4.78 is 2.38. The largest absolute Gasteiger partial charge is 0.384 e. The first kappa shape index (κ1) is 17.8. The molecule has 0 amide bonds. The van der Waals surface area contributed by atoms with Gasteiger partial charge in [0.25, 0.3) is 0 Å². The van der Waals surface area contributed by atoms with Gasteiger partial charge in [-0.3, -0.25) is 0 Å². The minimum absolute atomic E-state index is 0.330. The van der Waals surface area contributed by atoms with E-state index in [0.717, 1.165) is 34.9 Å². The van der Waals surface area contributed by atoms with E-state index in [4.69, 9.17) is 5.73 Å². The highest BCUT2D eigenvalue weighted by molar-refractivity contribution is 5.80. The number of nitrogens with one attached hydrogen (secondary N) is 1. The molecule has 4 heterocycles. The summed E-state index contributed by atoms with van der Waals surface area (Å²) in [6.45, 7) is 3.46. The number of benzene rings is 1. The molecule has 0 bridgehead atoms. The molecule has 3 N–H and O–H groups in total. The second-order valence-electron chi connectivity index (χ2n) is 9.30. The molecular formula is C24H26N6. The lowest BCUT2D eigenvalue weighted by atomic mass is 9.82. The lowest BCUT2D eigenvalue weighted by Crippen LogP contribution is -2.21. The highest BCUT2D eigenvalue weighted by atomic mass is 15.1. The third-order valence-corrected chi connectivity index (χ3v) is 7.29. The van der Waals surface area contributed by atoms with E-state index in [9.17, 15) is 0 Å². The maximum Gasteiger partial charge on any atom is 0.143 e. The molecular weight excluding hydrogens is 372 g/mol. The van der Waals surface area contributed by atoms with Crippen LogP contribution in [0.3, 0.4) is 0 Å². The molecule has 3 aromatic heterocycles. The molecule has 4 unspecified atom stereocenters. The summed E-state index contributed by atoms with van der Waals surface area (Å²) in [7, 11) is 0. The number of aromatic nitrogens is 4. The van der Waals surface area contributed by atoms with Crippen LogP contribution in [0.4, 0.5) is 5.82 Å². The summed E-state index contributed by atoms with van der Waals surface area (Å²) >= 11 is 0. The first-order valence-corrected chi connectivity index (χ1v) is 10.8. The van der Waals surface area contributed by atoms with Crippen molar-refractivity contribution in [3.63, 3.8) is 0 Å². The van der Waals surface area contributed by atoms with Gasteiger partial charge in [-0.1, -0.05) is 19.1 Å². The molecule has 1 aliphatic heterocycles. The summed E-state index contributed by atoms with van der Waals surface area (Å²) in [5, 5.41) is 6.07. The van der Waals surface area contributed by atoms with Gasteiger partial charge in [0, 0.05) is 41.8 Å². The van der Waals surface area contributed by atoms with Crippen LogP contribution in [0.1, 0.15) is 43.8 Å². The van der Waals surface area contributed by atoms with Crippen molar-refractivity contribution >= 4 is 27.8 Å². The van der Waals surface area contributed by atoms with Crippen molar-refractivity contribution in [3.05, 3.63) is 60.7 Å². The van der Waals surface area contributed by atoms with Gasteiger partial charge in [0.1, 0.15) is 17.8 Å². The van der Waals surface area contributed by atoms with Crippen LogP contribution < -0.4 is 11.1 Å². The van der Waals surface area contributed by atoms with E-state index in [1.165, 1.54) is 18.4 Å². The molecule has 4 aromatic rings. The molecule has 1 spiro atoms. The zero-order valence-corrected chi connectivity index (χ0v) is 17.1. The number of fused-ring (bicyclic) bond motifs is 2. The third kappa shape index (κ3) is 2.78. The van der Waals surface area contributed by atoms with Crippen LogP contribution in [0, 0.1) is 11.3 Å². The van der Waals surface area contributed by atoms with Crippen LogP contribution in [0.5, 0.6) is 0 Å². The van der Waals surface area contributed by atoms with E-state index in [0.29, 0.717) is 29.2 Å². The monoisotopic (exact) mass is 398 g/mol. The Morgan fingerprint density at radius 3 is 2.93 bits per heavy atom. The molecule has 2 fully saturated rings. The third-order valence-electron chi connectivity index (χ3n) is 7.29. The predicted molar refractivity (Wildman–Crippen MR) is 119 cm³/mol. The highest BCUT2D eigenvalue weighted by Crippen LogP contribution is 2.55. The summed E-state index contributed by atoms with van der Waals surface area (Å²) in [5.74, 6) is 1.19. The summed E-state index contributed by atoms with van der Waals surface area (Å²) in [6.07, 6.45) is 9.34. The average Bonchev–Trinajstić information content (AvgIpc) is 3.44. The Morgan fingerprint density at radius 1 is 1.10 bits per heavy atom. The van der Waals surface area contributed by atoms with Gasteiger partial charge >= 0.3 is 0 Å². The van der Waals surface area contributed by atoms with Crippen LogP contribution in [0.25, 0.3) is 21.9 Å². The Bertz CT molecular complexity index is 1250. The molecule has 0 radical (unpaired) electrons. The lowest BCUT2D eigenvalue weighted by Gasteiger charge is -2.23. The summed E-state index contributed by atoms with van der Waals surface area (Å²) in [5.41, 5.74) is 9.58. The molecule has 6 rings (SSSR count). The van der Waals surface area contributed by atoms with Gasteiger partial charge in [0.05, 0.1) is 5.52 Å². The number of anilines is 1. The molecule has 6 nitrogen and oxygen atoms in total. The van der Waals surface area contributed by atoms with Gasteiger partial charge in [-0.2, -0.15) is 0 Å². The number of rotatable bonds is 2. The predicted octanol–water partition coefficient (Wildman–Crippen LogP) is 4.25. The normalized spacial score (nSPS) is 28.8. The average molecular weight is 399 g/mol. The van der Waals surface area contributed by atoms with Gasteiger partial charge < -0.3 is 15.6 Å². The summed E-state index contributed by atoms with van der Waals surface area (Å²) in [4.78, 5) is 13.2. The number of hydrogen-bond acceptors (Lipinski definition) is 5. The second-order valence-corrected chi connectivity index (χ2v) is 9.30. The molecule has 152 valence electrons. The Morgan fingerprint density at radius 2 is 2.00 bits per heavy atom. The number of nitrogen functional groups attached to an aromatic ring is 1. The van der Waals surface area contributed by atoms with Crippen molar-refractivity contribution in [2.24, 2.45) is 11.3 Å². The molecule has 6 heteroatoms. The quantitative estimate of drug-likeness (QED) is 0.527. The standard InChI is InChI=1S/C24H26N6/c1-15-9-24(11-21(15)30-7-6-18-12-26-14-28-23(18)30)10-20(27-13-24)17-3-2-16-4-5-22(25)29-19(16)8-17/h2-8,12,14-15,20-21,27H,9-11,13H2,1H3,(H2,25,29). The number of hydrogen-bond donors (Lipinski definition) is 2. The van der Waals surface area contributed by atoms with Crippen LogP contribution in [0.2, 0.25) is 0 Å². The van der Waals surface area contributed by atoms with Gasteiger partial charge in [-0.25, -0.2) is 15.0 Å². The zero-order chi connectivity index (χ0) is 20.3. The smallest absolute Gasteiger partial charge is 0.143 e. The second kappa shape index (κ2) is 6.51. The zero-order valence-electron chi connectivity index (χ0n) is 17.1. The van der Waals surface area contributed by atoms with Crippen molar-refractivity contribution in [2.45, 2.75) is 38.3 Å². The number of pyridine rings is 1. The lowest BCUT2D eigenvalue weighted by molar-refractivity contribution is 0.311. The minimum Gasteiger partial charge on any atom is -0.384 e. The van der Waals surface area contributed by atoms with Crippen LogP contribution in [0.15, 0.2) is 55.1 Å². The topological polar surface area (TPSA) is 81.6 Å².